The van der Waals surface area contributed by atoms with Gasteiger partial charge in [-0.05, 0) is 18.6 Å². The molecule has 0 saturated heterocycles. The van der Waals surface area contributed by atoms with Gasteiger partial charge in [0.05, 0.1) is 11.2 Å². The van der Waals surface area contributed by atoms with Crippen molar-refractivity contribution in [2.24, 2.45) is 0 Å². The summed E-state index contributed by atoms with van der Waals surface area (Å²) in [6.07, 6.45) is 3.54. The maximum atomic E-state index is 9.99. The summed E-state index contributed by atoms with van der Waals surface area (Å²) in [5, 5.41) is 9.99. The van der Waals surface area contributed by atoms with Gasteiger partial charge in [0.2, 0.25) is 0 Å². The number of thiazole rings is 1. The van der Waals surface area contributed by atoms with Crippen molar-refractivity contribution in [2.75, 3.05) is 0 Å². The molecule has 1 N–H and O–H groups in total. The van der Waals surface area contributed by atoms with E-state index in [1.54, 1.807) is 29.2 Å². The van der Waals surface area contributed by atoms with E-state index in [9.17, 15) is 5.11 Å². The Kier molecular flexibility index (Phi) is 3.08. The second kappa shape index (κ2) is 4.51. The van der Waals surface area contributed by atoms with Crippen LogP contribution in [0.5, 0.6) is 0 Å². The Labute approximate surface area is 92.5 Å². The molecular weight excluding hydrogens is 208 g/mol. The summed E-state index contributed by atoms with van der Waals surface area (Å²) >= 11 is 1.55. The number of nitrogens with zero attached hydrogens (tertiary/aromatic N) is 2. The van der Waals surface area contributed by atoms with Gasteiger partial charge < -0.3 is 5.11 Å². The smallest absolute Gasteiger partial charge is 0.101 e. The number of aliphatic hydroxyl groups excluding tert-OH is 1. The maximum absolute atomic E-state index is 9.99. The molecule has 78 valence electrons. The SMILES string of the molecule is Cc1cccnc1C(O)Cc1cncs1. The molecule has 1 unspecified atom stereocenters. The Morgan fingerprint density at radius 3 is 3.07 bits per heavy atom. The van der Waals surface area contributed by atoms with Crippen LogP contribution in [0.3, 0.4) is 0 Å². The molecule has 0 bridgehead atoms. The van der Waals surface area contributed by atoms with Gasteiger partial charge in [-0.15, -0.1) is 11.3 Å². The Hall–Kier alpha value is -1.26. The van der Waals surface area contributed by atoms with Crippen LogP contribution in [0.25, 0.3) is 0 Å². The van der Waals surface area contributed by atoms with Gasteiger partial charge in [0.15, 0.2) is 0 Å². The predicted molar refractivity (Wildman–Crippen MR) is 59.8 cm³/mol. The minimum atomic E-state index is -0.536. The average molecular weight is 220 g/mol. The second-order valence-electron chi connectivity index (χ2n) is 3.39. The minimum Gasteiger partial charge on any atom is -0.386 e. The van der Waals surface area contributed by atoms with E-state index in [0.717, 1.165) is 16.1 Å². The molecule has 0 aliphatic rings. The lowest BCUT2D eigenvalue weighted by molar-refractivity contribution is 0.173. The van der Waals surface area contributed by atoms with E-state index in [0.29, 0.717) is 6.42 Å². The molecule has 1 atom stereocenters. The van der Waals surface area contributed by atoms with Gasteiger partial charge in [0, 0.05) is 23.7 Å². The van der Waals surface area contributed by atoms with E-state index in [1.165, 1.54) is 0 Å². The van der Waals surface area contributed by atoms with Gasteiger partial charge in [-0.3, -0.25) is 9.97 Å². The third kappa shape index (κ3) is 2.40. The van der Waals surface area contributed by atoms with Crippen LogP contribution in [0.15, 0.2) is 30.0 Å². The van der Waals surface area contributed by atoms with Crippen LogP contribution in [-0.2, 0) is 6.42 Å². The predicted octanol–water partition coefficient (Wildman–Crippen LogP) is 2.12. The van der Waals surface area contributed by atoms with Crippen molar-refractivity contribution in [1.29, 1.82) is 0 Å². The van der Waals surface area contributed by atoms with E-state index >= 15 is 0 Å². The standard InChI is InChI=1S/C11H12N2OS/c1-8-3-2-4-13-11(8)10(14)5-9-6-12-7-15-9/h2-4,6-7,10,14H,5H2,1H3. The van der Waals surface area contributed by atoms with Crippen molar-refractivity contribution in [1.82, 2.24) is 9.97 Å². The summed E-state index contributed by atoms with van der Waals surface area (Å²) in [5.74, 6) is 0. The lowest BCUT2D eigenvalue weighted by Gasteiger charge is -2.10. The Morgan fingerprint density at radius 2 is 2.40 bits per heavy atom. The number of hydrogen-bond donors (Lipinski definition) is 1. The molecule has 2 aromatic heterocycles. The number of aromatic nitrogens is 2. The molecule has 0 radical (unpaired) electrons. The monoisotopic (exact) mass is 220 g/mol. The molecule has 2 aromatic rings. The second-order valence-corrected chi connectivity index (χ2v) is 4.36. The average Bonchev–Trinajstić information content (AvgIpc) is 2.71. The first-order chi connectivity index (χ1) is 7.27. The first kappa shape index (κ1) is 10.3. The third-order valence-corrected chi connectivity index (χ3v) is 3.05. The molecule has 2 rings (SSSR count). The highest BCUT2D eigenvalue weighted by atomic mass is 32.1. The van der Waals surface area contributed by atoms with E-state index < -0.39 is 6.10 Å². The quantitative estimate of drug-likeness (QED) is 0.861. The summed E-state index contributed by atoms with van der Waals surface area (Å²) in [6, 6.07) is 3.83. The molecule has 0 spiro atoms. The molecule has 0 aromatic carbocycles. The zero-order valence-electron chi connectivity index (χ0n) is 8.42. The molecule has 0 fully saturated rings. The highest BCUT2D eigenvalue weighted by Gasteiger charge is 2.12. The van der Waals surface area contributed by atoms with E-state index in [2.05, 4.69) is 9.97 Å². The summed E-state index contributed by atoms with van der Waals surface area (Å²) in [7, 11) is 0. The van der Waals surface area contributed by atoms with Crippen molar-refractivity contribution in [3.63, 3.8) is 0 Å². The van der Waals surface area contributed by atoms with Crippen molar-refractivity contribution >= 4 is 11.3 Å². The fourth-order valence-corrected chi connectivity index (χ4v) is 2.11. The van der Waals surface area contributed by atoms with Gasteiger partial charge in [0.1, 0.15) is 6.10 Å². The fraction of sp³-hybridized carbons (Fsp3) is 0.273. The Balaban J connectivity index is 2.15. The van der Waals surface area contributed by atoms with Crippen LogP contribution in [0.2, 0.25) is 0 Å². The van der Waals surface area contributed by atoms with E-state index in [1.807, 2.05) is 19.1 Å². The molecule has 0 saturated carbocycles. The number of pyridine rings is 1. The van der Waals surface area contributed by atoms with E-state index in [-0.39, 0.29) is 0 Å². The molecular formula is C11H12N2OS. The van der Waals surface area contributed by atoms with Gasteiger partial charge in [0.25, 0.3) is 0 Å². The van der Waals surface area contributed by atoms with Gasteiger partial charge >= 0.3 is 0 Å². The Morgan fingerprint density at radius 1 is 1.53 bits per heavy atom. The van der Waals surface area contributed by atoms with Crippen molar-refractivity contribution in [2.45, 2.75) is 19.4 Å². The molecule has 15 heavy (non-hydrogen) atoms. The van der Waals surface area contributed by atoms with Crippen molar-refractivity contribution in [3.8, 4) is 0 Å². The highest BCUT2D eigenvalue weighted by Crippen LogP contribution is 2.20. The highest BCUT2D eigenvalue weighted by molar-refractivity contribution is 7.09. The summed E-state index contributed by atoms with van der Waals surface area (Å²) in [5.41, 5.74) is 3.55. The molecule has 0 amide bonds. The summed E-state index contributed by atoms with van der Waals surface area (Å²) in [6.45, 7) is 1.96. The summed E-state index contributed by atoms with van der Waals surface area (Å²) < 4.78 is 0. The Bertz CT molecular complexity index is 428. The topological polar surface area (TPSA) is 46.0 Å². The number of aryl methyl sites for hydroxylation is 1. The number of rotatable bonds is 3. The van der Waals surface area contributed by atoms with Crippen molar-refractivity contribution < 1.29 is 5.11 Å². The zero-order chi connectivity index (χ0) is 10.7. The third-order valence-electron chi connectivity index (χ3n) is 2.24. The largest absolute Gasteiger partial charge is 0.386 e. The zero-order valence-corrected chi connectivity index (χ0v) is 9.24. The van der Waals surface area contributed by atoms with Crippen LogP contribution < -0.4 is 0 Å². The first-order valence-electron chi connectivity index (χ1n) is 4.74. The lowest BCUT2D eigenvalue weighted by Crippen LogP contribution is -2.05. The van der Waals surface area contributed by atoms with Gasteiger partial charge in [-0.25, -0.2) is 0 Å². The van der Waals surface area contributed by atoms with E-state index in [4.69, 9.17) is 0 Å². The number of aliphatic hydroxyl groups is 1. The molecule has 4 heteroatoms. The maximum Gasteiger partial charge on any atom is 0.101 e. The summed E-state index contributed by atoms with van der Waals surface area (Å²) in [4.78, 5) is 9.25. The van der Waals surface area contributed by atoms with Crippen molar-refractivity contribution in [3.05, 3.63) is 46.2 Å². The lowest BCUT2D eigenvalue weighted by atomic mass is 10.1. The van der Waals surface area contributed by atoms with Crippen LogP contribution >= 0.6 is 11.3 Å². The molecule has 3 nitrogen and oxygen atoms in total. The van der Waals surface area contributed by atoms with Gasteiger partial charge in [-0.2, -0.15) is 0 Å². The molecule has 0 aliphatic carbocycles. The van der Waals surface area contributed by atoms with Crippen LogP contribution in [0.4, 0.5) is 0 Å². The van der Waals surface area contributed by atoms with Crippen LogP contribution in [-0.4, -0.2) is 15.1 Å². The first-order valence-corrected chi connectivity index (χ1v) is 5.62. The van der Waals surface area contributed by atoms with Crippen LogP contribution in [0.1, 0.15) is 22.2 Å². The van der Waals surface area contributed by atoms with Gasteiger partial charge in [-0.1, -0.05) is 6.07 Å². The van der Waals surface area contributed by atoms with Crippen LogP contribution in [0, 0.1) is 6.92 Å². The minimum absolute atomic E-state index is 0.536. The fourth-order valence-electron chi connectivity index (χ4n) is 1.48. The molecule has 2 heterocycles. The molecule has 0 aliphatic heterocycles. The normalized spacial score (nSPS) is 12.7. The number of hydrogen-bond acceptors (Lipinski definition) is 4.